The van der Waals surface area contributed by atoms with E-state index in [1.54, 1.807) is 0 Å². The summed E-state index contributed by atoms with van der Waals surface area (Å²) in [5.41, 5.74) is -1.51. The molecule has 0 spiro atoms. The highest BCUT2D eigenvalue weighted by Gasteiger charge is 2.34. The summed E-state index contributed by atoms with van der Waals surface area (Å²) >= 11 is 0. The summed E-state index contributed by atoms with van der Waals surface area (Å²) in [6.45, 7) is 2.37. The summed E-state index contributed by atoms with van der Waals surface area (Å²) in [5, 5.41) is 4.70. The second kappa shape index (κ2) is 6.40. The summed E-state index contributed by atoms with van der Waals surface area (Å²) in [4.78, 5) is 11.3. The maximum atomic E-state index is 13.0. The molecule has 0 unspecified atom stereocenters. The van der Waals surface area contributed by atoms with Crippen molar-refractivity contribution in [2.45, 2.75) is 25.9 Å². The topological polar surface area (TPSA) is 41.1 Å². The number of urea groups is 1. The number of hydrogen-bond acceptors (Lipinski definition) is 1. The SMILES string of the molecule is CCCCNC(=O)Nc1ccc(F)c(C(F)(F)F)c1. The maximum Gasteiger partial charge on any atom is 0.419 e. The van der Waals surface area contributed by atoms with Crippen molar-refractivity contribution >= 4 is 11.7 Å². The number of benzene rings is 1. The highest BCUT2D eigenvalue weighted by Crippen LogP contribution is 2.32. The van der Waals surface area contributed by atoms with Gasteiger partial charge in [0.1, 0.15) is 5.82 Å². The minimum Gasteiger partial charge on any atom is -0.338 e. The molecule has 0 aliphatic rings. The van der Waals surface area contributed by atoms with Gasteiger partial charge in [0.25, 0.3) is 0 Å². The first-order valence-corrected chi connectivity index (χ1v) is 5.76. The van der Waals surface area contributed by atoms with E-state index in [2.05, 4.69) is 10.6 Å². The van der Waals surface area contributed by atoms with E-state index >= 15 is 0 Å². The van der Waals surface area contributed by atoms with Crippen molar-refractivity contribution in [3.8, 4) is 0 Å². The van der Waals surface area contributed by atoms with Crippen LogP contribution in [0.25, 0.3) is 0 Å². The lowest BCUT2D eigenvalue weighted by Gasteiger charge is -2.11. The molecule has 1 aromatic carbocycles. The van der Waals surface area contributed by atoms with Gasteiger partial charge < -0.3 is 10.6 Å². The first-order valence-electron chi connectivity index (χ1n) is 5.76. The zero-order valence-corrected chi connectivity index (χ0v) is 10.3. The number of carbonyl (C=O) groups excluding carboxylic acids is 1. The van der Waals surface area contributed by atoms with Crippen LogP contribution < -0.4 is 10.6 Å². The highest BCUT2D eigenvalue weighted by molar-refractivity contribution is 5.89. The molecule has 0 aromatic heterocycles. The van der Waals surface area contributed by atoms with Gasteiger partial charge in [0, 0.05) is 12.2 Å². The third-order valence-electron chi connectivity index (χ3n) is 2.35. The quantitative estimate of drug-likeness (QED) is 0.639. The van der Waals surface area contributed by atoms with Gasteiger partial charge in [-0.1, -0.05) is 13.3 Å². The first kappa shape index (κ1) is 15.3. The summed E-state index contributed by atoms with van der Waals surface area (Å²) in [7, 11) is 0. The predicted molar refractivity (Wildman–Crippen MR) is 63.3 cm³/mol. The standard InChI is InChI=1S/C12H14F4N2O/c1-2-3-6-17-11(19)18-8-4-5-10(13)9(7-8)12(14,15)16/h4-5,7H,2-3,6H2,1H3,(H2,17,18,19). The molecule has 2 amide bonds. The second-order valence-electron chi connectivity index (χ2n) is 3.93. The van der Waals surface area contributed by atoms with E-state index < -0.39 is 23.6 Å². The number of amides is 2. The molecule has 2 N–H and O–H groups in total. The van der Waals surface area contributed by atoms with Crippen LogP contribution in [0.5, 0.6) is 0 Å². The first-order chi connectivity index (χ1) is 8.84. The van der Waals surface area contributed by atoms with E-state index in [-0.39, 0.29) is 5.69 Å². The fourth-order valence-electron chi connectivity index (χ4n) is 1.37. The smallest absolute Gasteiger partial charge is 0.338 e. The van der Waals surface area contributed by atoms with Gasteiger partial charge in [-0.3, -0.25) is 0 Å². The van der Waals surface area contributed by atoms with Gasteiger partial charge in [-0.2, -0.15) is 13.2 Å². The number of alkyl halides is 3. The highest BCUT2D eigenvalue weighted by atomic mass is 19.4. The monoisotopic (exact) mass is 278 g/mol. The largest absolute Gasteiger partial charge is 0.419 e. The fraction of sp³-hybridized carbons (Fsp3) is 0.417. The van der Waals surface area contributed by atoms with Crippen molar-refractivity contribution < 1.29 is 22.4 Å². The van der Waals surface area contributed by atoms with Crippen molar-refractivity contribution in [1.29, 1.82) is 0 Å². The molecule has 3 nitrogen and oxygen atoms in total. The number of unbranched alkanes of at least 4 members (excludes halogenated alkanes) is 1. The third kappa shape index (κ3) is 4.76. The third-order valence-corrected chi connectivity index (χ3v) is 2.35. The molecule has 0 heterocycles. The molecule has 0 radical (unpaired) electrons. The second-order valence-corrected chi connectivity index (χ2v) is 3.93. The number of anilines is 1. The zero-order chi connectivity index (χ0) is 14.5. The molecular weight excluding hydrogens is 264 g/mol. The molecule has 1 aromatic rings. The molecule has 106 valence electrons. The van der Waals surface area contributed by atoms with E-state index in [1.165, 1.54) is 0 Å². The van der Waals surface area contributed by atoms with Crippen molar-refractivity contribution in [2.75, 3.05) is 11.9 Å². The molecule has 19 heavy (non-hydrogen) atoms. The predicted octanol–water partition coefficient (Wildman–Crippen LogP) is 3.77. The Balaban J connectivity index is 2.72. The molecule has 0 aliphatic heterocycles. The molecule has 7 heteroatoms. The number of hydrogen-bond donors (Lipinski definition) is 2. The molecule has 0 atom stereocenters. The summed E-state index contributed by atoms with van der Waals surface area (Å²) < 4.78 is 50.3. The molecular formula is C12H14F4N2O. The Labute approximate surface area is 108 Å². The van der Waals surface area contributed by atoms with Crippen molar-refractivity contribution in [1.82, 2.24) is 5.32 Å². The summed E-state index contributed by atoms with van der Waals surface area (Å²) in [6, 6.07) is 1.69. The lowest BCUT2D eigenvalue weighted by molar-refractivity contribution is -0.139. The number of rotatable bonds is 4. The van der Waals surface area contributed by atoms with Crippen LogP contribution in [0.1, 0.15) is 25.3 Å². The number of carbonyl (C=O) groups is 1. The van der Waals surface area contributed by atoms with Crippen LogP contribution >= 0.6 is 0 Å². The Kier molecular flexibility index (Phi) is 5.14. The van der Waals surface area contributed by atoms with Crippen molar-refractivity contribution in [2.24, 2.45) is 0 Å². The van der Waals surface area contributed by atoms with Gasteiger partial charge in [-0.15, -0.1) is 0 Å². The van der Waals surface area contributed by atoms with E-state index in [9.17, 15) is 22.4 Å². The lowest BCUT2D eigenvalue weighted by atomic mass is 10.2. The van der Waals surface area contributed by atoms with Gasteiger partial charge in [0.2, 0.25) is 0 Å². The van der Waals surface area contributed by atoms with E-state index in [1.807, 2.05) is 6.92 Å². The van der Waals surface area contributed by atoms with E-state index in [0.717, 1.165) is 18.9 Å². The molecule has 0 fully saturated rings. The van der Waals surface area contributed by atoms with Crippen LogP contribution in [0.2, 0.25) is 0 Å². The average Bonchev–Trinajstić information content (AvgIpc) is 2.30. The Bertz CT molecular complexity index is 446. The number of nitrogens with one attached hydrogen (secondary N) is 2. The molecule has 0 bridgehead atoms. The molecule has 1 rings (SSSR count). The summed E-state index contributed by atoms with van der Waals surface area (Å²) in [6.07, 6.45) is -3.14. The summed E-state index contributed by atoms with van der Waals surface area (Å²) in [5.74, 6) is -1.37. The minimum absolute atomic E-state index is 0.109. The molecule has 0 saturated carbocycles. The van der Waals surface area contributed by atoms with Gasteiger partial charge in [0.15, 0.2) is 0 Å². The van der Waals surface area contributed by atoms with E-state index in [0.29, 0.717) is 18.7 Å². The molecule has 0 saturated heterocycles. The zero-order valence-electron chi connectivity index (χ0n) is 10.3. The van der Waals surface area contributed by atoms with Gasteiger partial charge in [-0.05, 0) is 24.6 Å². The Morgan fingerprint density at radius 1 is 1.32 bits per heavy atom. The van der Waals surface area contributed by atoms with Crippen LogP contribution in [0.3, 0.4) is 0 Å². The van der Waals surface area contributed by atoms with Gasteiger partial charge in [-0.25, -0.2) is 9.18 Å². The van der Waals surface area contributed by atoms with Gasteiger partial charge >= 0.3 is 12.2 Å². The van der Waals surface area contributed by atoms with Crippen molar-refractivity contribution in [3.05, 3.63) is 29.6 Å². The van der Waals surface area contributed by atoms with Crippen molar-refractivity contribution in [3.63, 3.8) is 0 Å². The minimum atomic E-state index is -4.79. The Morgan fingerprint density at radius 3 is 2.58 bits per heavy atom. The van der Waals surface area contributed by atoms with Gasteiger partial charge in [0.05, 0.1) is 5.56 Å². The molecule has 0 aliphatic carbocycles. The van der Waals surface area contributed by atoms with Crippen LogP contribution in [0, 0.1) is 5.82 Å². The lowest BCUT2D eigenvalue weighted by Crippen LogP contribution is -2.29. The Morgan fingerprint density at radius 2 is 2.00 bits per heavy atom. The maximum absolute atomic E-state index is 13.0. The fourth-order valence-corrected chi connectivity index (χ4v) is 1.37. The Hall–Kier alpha value is -1.79. The van der Waals surface area contributed by atoms with E-state index in [4.69, 9.17) is 0 Å². The van der Waals surface area contributed by atoms with Crippen LogP contribution in [-0.4, -0.2) is 12.6 Å². The average molecular weight is 278 g/mol. The number of halogens is 4. The normalized spacial score (nSPS) is 11.2. The van der Waals surface area contributed by atoms with Crippen LogP contribution in [-0.2, 0) is 6.18 Å². The van der Waals surface area contributed by atoms with Crippen LogP contribution in [0.15, 0.2) is 18.2 Å². The van der Waals surface area contributed by atoms with Crippen LogP contribution in [0.4, 0.5) is 28.0 Å².